The third-order valence-corrected chi connectivity index (χ3v) is 13.1. The standard InChI is InChI=1S/C49H68N6O12S/c1-8-10-12-17-40(58)50-36(24-25-68(7)66)44(60)53-43-30(5)67-49(65)42(29(3)4)52-45(61)37(26-32-18-21-34(56)22-19-32)54(6)48(64)38(27-31-15-13-11-14-16-31)55-41(59)23-20-33(47(55)63)28-39(57)35(9-2)51-46(43)62/h9,11,13-16,18-19,21-22,29-30,33,36-38,41-43,56,59H,8,10,12,17,20,23-28H2,1-7H3,(H,50,58)(H,51,62)(H,52,61)(H,53,60). The lowest BCUT2D eigenvalue weighted by Gasteiger charge is -2.42. The summed E-state index contributed by atoms with van der Waals surface area (Å²) in [6, 6.07) is 7.64. The summed E-state index contributed by atoms with van der Waals surface area (Å²) >= 11 is 0. The quantitative estimate of drug-likeness (QED) is 0.0855. The van der Waals surface area contributed by atoms with Crippen LogP contribution < -0.4 is 21.3 Å². The molecule has 6 amide bonds. The Kier molecular flexibility index (Phi) is 20.9. The number of carbonyl (C=O) groups is 8. The van der Waals surface area contributed by atoms with Gasteiger partial charge in [-0.3, -0.25) is 37.8 Å². The zero-order valence-corrected chi connectivity index (χ0v) is 40.8. The second-order valence-corrected chi connectivity index (χ2v) is 19.4. The number of amides is 6. The van der Waals surface area contributed by atoms with Crippen LogP contribution in [-0.2, 0) is 66.7 Å². The minimum absolute atomic E-state index is 0.00993. The number of piperidine rings is 1. The van der Waals surface area contributed by atoms with E-state index in [0.29, 0.717) is 17.5 Å². The van der Waals surface area contributed by atoms with E-state index in [1.165, 1.54) is 45.4 Å². The van der Waals surface area contributed by atoms with Gasteiger partial charge in [-0.1, -0.05) is 82.2 Å². The number of aliphatic hydroxyl groups excluding tert-OH is 1. The summed E-state index contributed by atoms with van der Waals surface area (Å²) in [5.74, 6) is -7.92. The maximum Gasteiger partial charge on any atom is 0.329 e. The molecule has 2 heterocycles. The molecule has 6 N–H and O–H groups in total. The highest BCUT2D eigenvalue weighted by Crippen LogP contribution is 2.30. The second-order valence-electron chi connectivity index (χ2n) is 17.9. The number of hydrogen-bond donors (Lipinski definition) is 6. The molecule has 2 aromatic carbocycles. The van der Waals surface area contributed by atoms with Gasteiger partial charge in [0.05, 0.1) is 5.70 Å². The van der Waals surface area contributed by atoms with Crippen LogP contribution in [0.15, 0.2) is 66.4 Å². The van der Waals surface area contributed by atoms with Gasteiger partial charge >= 0.3 is 5.97 Å². The van der Waals surface area contributed by atoms with Gasteiger partial charge in [-0.05, 0) is 68.7 Å². The highest BCUT2D eigenvalue weighted by atomic mass is 32.2. The summed E-state index contributed by atoms with van der Waals surface area (Å²) in [6.07, 6.45) is 1.44. The number of fused-ring (bicyclic) bond motifs is 2. The number of aliphatic hydroxyl groups is 1. The van der Waals surface area contributed by atoms with E-state index in [1.54, 1.807) is 56.3 Å². The molecule has 2 aromatic rings. The zero-order valence-electron chi connectivity index (χ0n) is 40.0. The van der Waals surface area contributed by atoms with Crippen molar-refractivity contribution in [1.29, 1.82) is 0 Å². The number of esters is 1. The van der Waals surface area contributed by atoms with E-state index in [9.17, 15) is 52.8 Å². The average molecular weight is 965 g/mol. The van der Waals surface area contributed by atoms with E-state index in [4.69, 9.17) is 4.74 Å². The maximum atomic E-state index is 15.0. The molecule has 19 heteroatoms. The van der Waals surface area contributed by atoms with Crippen molar-refractivity contribution < 1.29 is 57.5 Å². The van der Waals surface area contributed by atoms with Crippen LogP contribution in [0.3, 0.4) is 0 Å². The number of phenolic OH excluding ortho intramolecular Hbond substituents is 1. The topological polar surface area (TPSA) is 258 Å². The molecule has 18 nitrogen and oxygen atoms in total. The summed E-state index contributed by atoms with van der Waals surface area (Å²) in [6.45, 7) is 8.04. The number of allylic oxidation sites excluding steroid dienone is 2. The molecule has 0 aromatic heterocycles. The van der Waals surface area contributed by atoms with Crippen molar-refractivity contribution in [2.45, 2.75) is 141 Å². The number of ether oxygens (including phenoxy) is 1. The van der Waals surface area contributed by atoms with Crippen LogP contribution in [0.25, 0.3) is 0 Å². The van der Waals surface area contributed by atoms with Crippen LogP contribution in [0.4, 0.5) is 0 Å². The van der Waals surface area contributed by atoms with Gasteiger partial charge in [-0.25, -0.2) is 4.79 Å². The van der Waals surface area contributed by atoms with Crippen molar-refractivity contribution in [3.05, 3.63) is 77.5 Å². The number of cyclic esters (lactones) is 1. The first-order valence-electron chi connectivity index (χ1n) is 23.3. The molecule has 9 unspecified atom stereocenters. The Balaban J connectivity index is 1.83. The fourth-order valence-corrected chi connectivity index (χ4v) is 8.80. The molecule has 0 saturated carbocycles. The van der Waals surface area contributed by atoms with E-state index in [2.05, 4.69) is 21.3 Å². The number of likely N-dealkylation sites (N-methyl/N-ethyl adjacent to an activating group) is 1. The predicted molar refractivity (Wildman–Crippen MR) is 253 cm³/mol. The number of Topliss-reactive ketones (excluding diaryl/α,β-unsaturated/α-hetero) is 1. The highest BCUT2D eigenvalue weighted by molar-refractivity contribution is 7.84. The Morgan fingerprint density at radius 2 is 1.57 bits per heavy atom. The molecule has 0 radical (unpaired) electrons. The van der Waals surface area contributed by atoms with Crippen LogP contribution in [0.2, 0.25) is 0 Å². The molecule has 2 saturated heterocycles. The number of benzene rings is 2. The van der Waals surface area contributed by atoms with E-state index in [0.717, 1.165) is 22.6 Å². The molecule has 68 heavy (non-hydrogen) atoms. The lowest BCUT2D eigenvalue weighted by Crippen LogP contribution is -2.62. The summed E-state index contributed by atoms with van der Waals surface area (Å²) in [5, 5.41) is 32.1. The summed E-state index contributed by atoms with van der Waals surface area (Å²) < 4.78 is 18.0. The third kappa shape index (κ3) is 15.3. The Labute approximate surface area is 400 Å². The van der Waals surface area contributed by atoms with Crippen molar-refractivity contribution in [3.8, 4) is 5.75 Å². The van der Waals surface area contributed by atoms with Gasteiger partial charge in [0.2, 0.25) is 29.5 Å². The van der Waals surface area contributed by atoms with Crippen LogP contribution in [-0.4, -0.2) is 133 Å². The normalized spacial score (nSPS) is 25.1. The first-order chi connectivity index (χ1) is 32.2. The summed E-state index contributed by atoms with van der Waals surface area (Å²) in [4.78, 5) is 116. The first-order valence-corrected chi connectivity index (χ1v) is 25.0. The Hall–Kier alpha value is -5.95. The fourth-order valence-electron chi connectivity index (χ4n) is 8.24. The summed E-state index contributed by atoms with van der Waals surface area (Å²) in [7, 11) is 0.0139. The molecular weight excluding hydrogens is 897 g/mol. The Bertz CT molecular complexity index is 2170. The number of nitrogens with zero attached hydrogens (tertiary/aromatic N) is 2. The summed E-state index contributed by atoms with van der Waals surface area (Å²) in [5.41, 5.74) is 0.906. The van der Waals surface area contributed by atoms with Crippen LogP contribution in [0.5, 0.6) is 5.75 Å². The van der Waals surface area contributed by atoms with Crippen molar-refractivity contribution in [2.75, 3.05) is 19.1 Å². The Morgan fingerprint density at radius 3 is 2.19 bits per heavy atom. The monoisotopic (exact) mass is 964 g/mol. The van der Waals surface area contributed by atoms with Gasteiger partial charge in [0.1, 0.15) is 48.3 Å². The molecular formula is C49H68N6O12S. The van der Waals surface area contributed by atoms with Crippen molar-refractivity contribution in [1.82, 2.24) is 31.1 Å². The number of ketones is 1. The number of nitrogens with one attached hydrogen (secondary N) is 4. The lowest BCUT2D eigenvalue weighted by atomic mass is 9.88. The maximum absolute atomic E-state index is 15.0. The van der Waals surface area contributed by atoms with Gasteiger partial charge in [0.15, 0.2) is 5.78 Å². The fraction of sp³-hybridized carbons (Fsp3) is 0.551. The van der Waals surface area contributed by atoms with Gasteiger partial charge in [0, 0.05) is 61.5 Å². The molecule has 2 bridgehead atoms. The number of phenols is 1. The minimum atomic E-state index is -1.71. The van der Waals surface area contributed by atoms with Crippen LogP contribution in [0, 0.1) is 11.8 Å². The SMILES string of the molecule is CC=C1NC(=O)C(NC(=O)C(CCS(C)=O)NC(=O)CCCCC)C(C)OC(=O)C(C(C)C)NC(=O)C(Cc2ccc(O)cc2)N(C)C(=O)C(Cc2ccccc2)N2C(=O)C(CCC2O)CC1=O. The van der Waals surface area contributed by atoms with Gasteiger partial charge in [-0.2, -0.15) is 0 Å². The molecule has 0 spiro atoms. The number of unbranched alkanes of at least 4 members (excludes halogenated alkanes) is 2. The van der Waals surface area contributed by atoms with Gasteiger partial charge < -0.3 is 46.0 Å². The van der Waals surface area contributed by atoms with E-state index >= 15 is 0 Å². The lowest BCUT2D eigenvalue weighted by molar-refractivity contribution is -0.167. The van der Waals surface area contributed by atoms with Crippen molar-refractivity contribution in [2.24, 2.45) is 11.8 Å². The largest absolute Gasteiger partial charge is 0.508 e. The van der Waals surface area contributed by atoms with E-state index in [1.807, 2.05) is 6.92 Å². The third-order valence-electron chi connectivity index (χ3n) is 12.3. The number of carbonyl (C=O) groups excluding carboxylic acids is 8. The second kappa shape index (κ2) is 26.0. The smallest absolute Gasteiger partial charge is 0.329 e. The molecule has 4 rings (SSSR count). The van der Waals surface area contributed by atoms with E-state index in [-0.39, 0.29) is 55.7 Å². The number of hydrogen-bond acceptors (Lipinski definition) is 12. The predicted octanol–water partition coefficient (Wildman–Crippen LogP) is 2.31. The highest BCUT2D eigenvalue weighted by Gasteiger charge is 2.45. The molecule has 2 aliphatic rings. The minimum Gasteiger partial charge on any atom is -0.508 e. The molecule has 9 atom stereocenters. The Morgan fingerprint density at radius 1 is 0.926 bits per heavy atom. The van der Waals surface area contributed by atoms with Gasteiger partial charge in [-0.15, -0.1) is 0 Å². The van der Waals surface area contributed by atoms with Crippen LogP contribution in [0.1, 0.15) is 97.1 Å². The van der Waals surface area contributed by atoms with E-state index < -0.39 is 119 Å². The number of aromatic hydroxyl groups is 1. The average Bonchev–Trinajstić information content (AvgIpc) is 3.29. The van der Waals surface area contributed by atoms with Gasteiger partial charge in [0.25, 0.3) is 5.91 Å². The molecule has 372 valence electrons. The first kappa shape index (κ1) is 54.7. The number of rotatable bonds is 15. The zero-order chi connectivity index (χ0) is 50.2. The molecule has 2 fully saturated rings. The molecule has 0 aliphatic carbocycles. The van der Waals surface area contributed by atoms with Crippen molar-refractivity contribution >= 4 is 58.0 Å². The van der Waals surface area contributed by atoms with Crippen LogP contribution >= 0.6 is 0 Å². The molecule has 2 aliphatic heterocycles. The van der Waals surface area contributed by atoms with Crippen molar-refractivity contribution in [3.63, 3.8) is 0 Å².